The molecule has 2 heterocycles. The number of imide groups is 1. The van der Waals surface area contributed by atoms with Gasteiger partial charge in [-0.25, -0.2) is 10.5 Å². The number of amides is 3. The Morgan fingerprint density at radius 2 is 2.26 bits per heavy atom. The number of aromatic nitrogens is 3. The lowest BCUT2D eigenvalue weighted by atomic mass is 10.1. The molecule has 1 atom stereocenters. The van der Waals surface area contributed by atoms with Gasteiger partial charge in [0.15, 0.2) is 5.69 Å². The Bertz CT molecular complexity index is 525. The van der Waals surface area contributed by atoms with E-state index in [1.54, 1.807) is 6.92 Å². The van der Waals surface area contributed by atoms with Crippen molar-refractivity contribution in [2.45, 2.75) is 19.9 Å². The highest BCUT2D eigenvalue weighted by molar-refractivity contribution is 6.03. The molecule has 0 bridgehead atoms. The molecule has 9 nitrogen and oxygen atoms in total. The smallest absolute Gasteiger partial charge is 0.287 e. The van der Waals surface area contributed by atoms with E-state index in [1.807, 2.05) is 5.43 Å². The van der Waals surface area contributed by atoms with E-state index in [4.69, 9.17) is 5.84 Å². The van der Waals surface area contributed by atoms with Crippen LogP contribution < -0.4 is 11.3 Å². The molecule has 0 saturated carbocycles. The van der Waals surface area contributed by atoms with Crippen LogP contribution >= 0.6 is 0 Å². The number of hydrogen-bond acceptors (Lipinski definition) is 6. The van der Waals surface area contributed by atoms with E-state index in [0.29, 0.717) is 0 Å². The first kappa shape index (κ1) is 13.1. The zero-order valence-electron chi connectivity index (χ0n) is 10.4. The second-order valence-electron chi connectivity index (χ2n) is 4.33. The Hall–Kier alpha value is -2.29. The normalized spacial score (nSPS) is 19.1. The molecule has 1 fully saturated rings. The molecule has 1 aliphatic rings. The second kappa shape index (κ2) is 5.14. The summed E-state index contributed by atoms with van der Waals surface area (Å²) in [6.07, 6.45) is 1.65. The van der Waals surface area contributed by atoms with Crippen LogP contribution in [-0.2, 0) is 16.1 Å². The van der Waals surface area contributed by atoms with Crippen LogP contribution in [0.25, 0.3) is 0 Å². The minimum atomic E-state index is -0.548. The summed E-state index contributed by atoms with van der Waals surface area (Å²) < 4.78 is 1.38. The molecule has 1 aromatic heterocycles. The second-order valence-corrected chi connectivity index (χ2v) is 4.33. The van der Waals surface area contributed by atoms with Gasteiger partial charge in [-0.05, 0) is 0 Å². The van der Waals surface area contributed by atoms with Crippen LogP contribution in [-0.4, -0.2) is 44.2 Å². The Labute approximate surface area is 108 Å². The summed E-state index contributed by atoms with van der Waals surface area (Å²) >= 11 is 0. The lowest BCUT2D eigenvalue weighted by Gasteiger charge is -2.13. The number of likely N-dealkylation sites (tertiary alicyclic amines) is 1. The minimum Gasteiger partial charge on any atom is -0.289 e. The number of rotatable bonds is 4. The van der Waals surface area contributed by atoms with Crippen LogP contribution in [0.5, 0.6) is 0 Å². The molecule has 102 valence electrons. The number of nitrogen functional groups attached to an aromatic ring is 1. The number of hydrazine groups is 1. The van der Waals surface area contributed by atoms with E-state index in [2.05, 4.69) is 10.3 Å². The molecule has 1 aliphatic heterocycles. The van der Waals surface area contributed by atoms with Gasteiger partial charge in [0.25, 0.3) is 5.91 Å². The van der Waals surface area contributed by atoms with Gasteiger partial charge < -0.3 is 0 Å². The minimum absolute atomic E-state index is 0.0787. The number of carbonyl (C=O) groups is 3. The molecular formula is C10H14N6O3. The largest absolute Gasteiger partial charge is 0.289 e. The number of carbonyl (C=O) groups excluding carboxylic acids is 3. The Balaban J connectivity index is 1.96. The summed E-state index contributed by atoms with van der Waals surface area (Å²) in [5.41, 5.74) is 2.02. The summed E-state index contributed by atoms with van der Waals surface area (Å²) in [4.78, 5) is 35.6. The van der Waals surface area contributed by atoms with Gasteiger partial charge >= 0.3 is 0 Å². The van der Waals surface area contributed by atoms with E-state index < -0.39 is 5.91 Å². The Kier molecular flexibility index (Phi) is 3.56. The fourth-order valence-corrected chi connectivity index (χ4v) is 1.87. The van der Waals surface area contributed by atoms with Gasteiger partial charge in [0.05, 0.1) is 12.7 Å². The molecule has 0 spiro atoms. The van der Waals surface area contributed by atoms with Gasteiger partial charge in [-0.3, -0.25) is 24.7 Å². The Morgan fingerprint density at radius 3 is 2.84 bits per heavy atom. The summed E-state index contributed by atoms with van der Waals surface area (Å²) in [7, 11) is 0. The maximum Gasteiger partial charge on any atom is 0.287 e. The van der Waals surface area contributed by atoms with E-state index >= 15 is 0 Å². The molecular weight excluding hydrogens is 252 g/mol. The average molecular weight is 266 g/mol. The standard InChI is InChI=1S/C10H14N6O3/c1-6-4-8(17)16(10(6)19)3-2-15-5-7(13-14-15)9(18)12-11/h5-6H,2-4,11H2,1H3,(H,12,18). The van der Waals surface area contributed by atoms with Gasteiger partial charge in [0.1, 0.15) is 0 Å². The van der Waals surface area contributed by atoms with Crippen molar-refractivity contribution in [2.75, 3.05) is 6.54 Å². The first-order chi connectivity index (χ1) is 9.02. The quantitative estimate of drug-likeness (QED) is 0.289. The number of nitrogens with zero attached hydrogens (tertiary/aromatic N) is 4. The molecule has 1 aromatic rings. The average Bonchev–Trinajstić information content (AvgIpc) is 2.94. The molecule has 0 aliphatic carbocycles. The zero-order chi connectivity index (χ0) is 14.0. The molecule has 0 aromatic carbocycles. The highest BCUT2D eigenvalue weighted by atomic mass is 16.2. The van der Waals surface area contributed by atoms with Gasteiger partial charge in [-0.15, -0.1) is 5.10 Å². The predicted molar refractivity (Wildman–Crippen MR) is 62.2 cm³/mol. The summed E-state index contributed by atoms with van der Waals surface area (Å²) in [6.45, 7) is 2.23. The van der Waals surface area contributed by atoms with Crippen LogP contribution in [0.2, 0.25) is 0 Å². The lowest BCUT2D eigenvalue weighted by Crippen LogP contribution is -2.33. The lowest BCUT2D eigenvalue weighted by molar-refractivity contribution is -0.139. The van der Waals surface area contributed by atoms with Crippen LogP contribution in [0.1, 0.15) is 23.8 Å². The van der Waals surface area contributed by atoms with Gasteiger partial charge in [-0.1, -0.05) is 12.1 Å². The van der Waals surface area contributed by atoms with E-state index in [9.17, 15) is 14.4 Å². The molecule has 2 rings (SSSR count). The monoisotopic (exact) mass is 266 g/mol. The molecule has 3 N–H and O–H groups in total. The molecule has 3 amide bonds. The van der Waals surface area contributed by atoms with Crippen LogP contribution in [0.4, 0.5) is 0 Å². The van der Waals surface area contributed by atoms with Crippen LogP contribution in [0, 0.1) is 5.92 Å². The third-order valence-corrected chi connectivity index (χ3v) is 2.92. The van der Waals surface area contributed by atoms with Crippen molar-refractivity contribution in [3.05, 3.63) is 11.9 Å². The van der Waals surface area contributed by atoms with E-state index in [1.165, 1.54) is 15.8 Å². The third kappa shape index (κ3) is 2.60. The molecule has 19 heavy (non-hydrogen) atoms. The summed E-state index contributed by atoms with van der Waals surface area (Å²) in [5, 5.41) is 7.33. The van der Waals surface area contributed by atoms with Crippen molar-refractivity contribution in [1.82, 2.24) is 25.3 Å². The predicted octanol–water partition coefficient (Wildman–Crippen LogP) is -1.72. The third-order valence-electron chi connectivity index (χ3n) is 2.92. The first-order valence-electron chi connectivity index (χ1n) is 5.78. The van der Waals surface area contributed by atoms with E-state index in [-0.39, 0.29) is 42.9 Å². The number of hydrogen-bond donors (Lipinski definition) is 2. The van der Waals surface area contributed by atoms with Gasteiger partial charge in [0.2, 0.25) is 11.8 Å². The zero-order valence-corrected chi connectivity index (χ0v) is 10.4. The topological polar surface area (TPSA) is 123 Å². The van der Waals surface area contributed by atoms with Gasteiger partial charge in [0, 0.05) is 18.9 Å². The van der Waals surface area contributed by atoms with Crippen LogP contribution in [0.15, 0.2) is 6.20 Å². The van der Waals surface area contributed by atoms with Crippen molar-refractivity contribution < 1.29 is 14.4 Å². The van der Waals surface area contributed by atoms with Crippen LogP contribution in [0.3, 0.4) is 0 Å². The van der Waals surface area contributed by atoms with Crippen molar-refractivity contribution in [2.24, 2.45) is 11.8 Å². The Morgan fingerprint density at radius 1 is 1.53 bits per heavy atom. The number of nitrogens with one attached hydrogen (secondary N) is 1. The van der Waals surface area contributed by atoms with Gasteiger partial charge in [-0.2, -0.15) is 0 Å². The fourth-order valence-electron chi connectivity index (χ4n) is 1.87. The molecule has 1 saturated heterocycles. The molecule has 1 unspecified atom stereocenters. The SMILES string of the molecule is CC1CC(=O)N(CCn2cc(C(=O)NN)nn2)C1=O. The van der Waals surface area contributed by atoms with Crippen molar-refractivity contribution in [3.8, 4) is 0 Å². The highest BCUT2D eigenvalue weighted by Crippen LogP contribution is 2.18. The fraction of sp³-hybridized carbons (Fsp3) is 0.500. The summed E-state index contributed by atoms with van der Waals surface area (Å²) in [5.74, 6) is 3.80. The van der Waals surface area contributed by atoms with E-state index in [0.717, 1.165) is 0 Å². The maximum absolute atomic E-state index is 11.7. The highest BCUT2D eigenvalue weighted by Gasteiger charge is 2.35. The maximum atomic E-state index is 11.7. The molecule has 0 radical (unpaired) electrons. The van der Waals surface area contributed by atoms with Crippen molar-refractivity contribution >= 4 is 17.7 Å². The number of nitrogens with two attached hydrogens (primary N) is 1. The first-order valence-corrected chi connectivity index (χ1v) is 5.78. The summed E-state index contributed by atoms with van der Waals surface area (Å²) in [6, 6.07) is 0. The van der Waals surface area contributed by atoms with Crippen molar-refractivity contribution in [3.63, 3.8) is 0 Å². The van der Waals surface area contributed by atoms with Crippen molar-refractivity contribution in [1.29, 1.82) is 0 Å². The molecule has 9 heteroatoms.